The van der Waals surface area contributed by atoms with E-state index in [1.165, 1.54) is 12.4 Å². The van der Waals surface area contributed by atoms with Crippen molar-refractivity contribution in [3.8, 4) is 17.0 Å². The molecule has 1 aliphatic carbocycles. The van der Waals surface area contributed by atoms with Crippen molar-refractivity contribution in [1.29, 1.82) is 0 Å². The number of amides is 2. The molecule has 4 rings (SSSR count). The summed E-state index contributed by atoms with van der Waals surface area (Å²) in [4.78, 5) is 44.2. The molecule has 0 bridgehead atoms. The maximum Gasteiger partial charge on any atom is 0.273 e. The summed E-state index contributed by atoms with van der Waals surface area (Å²) in [5.41, 5.74) is 5.72. The molecule has 10 nitrogen and oxygen atoms in total. The Labute approximate surface area is 203 Å². The van der Waals surface area contributed by atoms with Gasteiger partial charge in [-0.25, -0.2) is 14.4 Å². The molecule has 1 saturated carbocycles. The van der Waals surface area contributed by atoms with Gasteiger partial charge in [-0.3, -0.25) is 14.4 Å². The number of carbonyl (C=O) groups excluding carboxylic acids is 3. The van der Waals surface area contributed by atoms with Crippen molar-refractivity contribution in [3.63, 3.8) is 0 Å². The Morgan fingerprint density at radius 3 is 2.63 bits per heavy atom. The fourth-order valence-corrected chi connectivity index (χ4v) is 3.93. The summed E-state index contributed by atoms with van der Waals surface area (Å²) in [6.07, 6.45) is 4.23. The second-order valence-electron chi connectivity index (χ2n) is 8.06. The number of aliphatic hydroxyl groups is 1. The Kier molecular flexibility index (Phi) is 7.12. The van der Waals surface area contributed by atoms with E-state index in [0.29, 0.717) is 22.7 Å². The van der Waals surface area contributed by atoms with Gasteiger partial charge < -0.3 is 20.9 Å². The summed E-state index contributed by atoms with van der Waals surface area (Å²) < 4.78 is 24.8. The van der Waals surface area contributed by atoms with Crippen LogP contribution in [0.1, 0.15) is 51.7 Å². The number of rotatable bonds is 10. The van der Waals surface area contributed by atoms with Crippen molar-refractivity contribution in [3.05, 3.63) is 58.7 Å². The molecule has 0 radical (unpaired) electrons. The van der Waals surface area contributed by atoms with Gasteiger partial charge in [-0.05, 0) is 55.6 Å². The minimum absolute atomic E-state index is 0.0575. The van der Waals surface area contributed by atoms with E-state index in [-0.39, 0.29) is 17.8 Å². The van der Waals surface area contributed by atoms with E-state index in [9.17, 15) is 18.8 Å². The van der Waals surface area contributed by atoms with Crippen LogP contribution in [0.3, 0.4) is 0 Å². The third-order valence-corrected chi connectivity index (χ3v) is 6.31. The maximum absolute atomic E-state index is 14.6. The number of nitrogens with zero attached hydrogens (tertiary/aromatic N) is 3. The smallest absolute Gasteiger partial charge is 0.273 e. The lowest BCUT2D eigenvalue weighted by atomic mass is 10.1. The molecule has 3 aromatic rings. The number of pyridine rings is 2. The molecule has 2 amide bonds. The Hall–Kier alpha value is -3.77. The molecule has 182 valence electrons. The highest BCUT2D eigenvalue weighted by molar-refractivity contribution is 7.06. The molecular formula is C23H22FN5O5S. The number of carbonyl (C=O) groups is 3. The molecular weight excluding hydrogens is 477 g/mol. The van der Waals surface area contributed by atoms with Gasteiger partial charge in [0.25, 0.3) is 5.91 Å². The highest BCUT2D eigenvalue weighted by Gasteiger charge is 2.31. The van der Waals surface area contributed by atoms with Crippen LogP contribution in [-0.4, -0.2) is 49.7 Å². The summed E-state index contributed by atoms with van der Waals surface area (Å²) in [6, 6.07) is 4.82. The molecule has 1 aliphatic rings. The van der Waals surface area contributed by atoms with E-state index < -0.39 is 36.0 Å². The fraction of sp³-hybridized carbons (Fsp3) is 0.304. The first kappa shape index (κ1) is 24.4. The molecule has 0 saturated heterocycles. The van der Waals surface area contributed by atoms with Gasteiger partial charge in [-0.2, -0.15) is 4.37 Å². The first-order valence-corrected chi connectivity index (χ1v) is 11.5. The number of halogens is 1. The molecule has 0 aliphatic heterocycles. The standard InChI is InChI=1S/C23H22FN5O5S/c1-11(34-14-4-5-16(26-9-14)21(31)12-2-3-12)19-7-17(29-35-19)13-6-15(24)20(27-8-13)23(33)28-18(10-30)22(25)32/h4-9,11-12,18,30H,2-3,10H2,1H3,(H2,25,32)(H,28,33)/t11-,18+/m1/s1. The van der Waals surface area contributed by atoms with Crippen molar-refractivity contribution in [2.24, 2.45) is 11.7 Å². The number of aliphatic hydroxyl groups excluding tert-OH is 1. The Bertz CT molecular complexity index is 1260. The van der Waals surface area contributed by atoms with E-state index in [0.717, 1.165) is 35.3 Å². The number of hydrogen-bond donors (Lipinski definition) is 3. The number of nitrogens with two attached hydrogens (primary N) is 1. The van der Waals surface area contributed by atoms with E-state index in [1.807, 2.05) is 6.92 Å². The van der Waals surface area contributed by atoms with Crippen molar-refractivity contribution < 1.29 is 28.6 Å². The van der Waals surface area contributed by atoms with E-state index in [1.54, 1.807) is 18.2 Å². The van der Waals surface area contributed by atoms with E-state index in [2.05, 4.69) is 19.7 Å². The second kappa shape index (κ2) is 10.2. The Balaban J connectivity index is 1.42. The summed E-state index contributed by atoms with van der Waals surface area (Å²) >= 11 is 1.16. The van der Waals surface area contributed by atoms with Crippen LogP contribution >= 0.6 is 11.5 Å². The number of ketones is 1. The fourth-order valence-electron chi connectivity index (χ4n) is 3.21. The number of ether oxygens (including phenoxy) is 1. The van der Waals surface area contributed by atoms with Gasteiger partial charge in [-0.1, -0.05) is 0 Å². The van der Waals surface area contributed by atoms with Gasteiger partial charge in [-0.15, -0.1) is 0 Å². The third-order valence-electron chi connectivity index (χ3n) is 5.36. The largest absolute Gasteiger partial charge is 0.484 e. The summed E-state index contributed by atoms with van der Waals surface area (Å²) in [5, 5.41) is 11.2. The van der Waals surface area contributed by atoms with Crippen molar-refractivity contribution in [2.45, 2.75) is 31.9 Å². The van der Waals surface area contributed by atoms with Gasteiger partial charge >= 0.3 is 0 Å². The second-order valence-corrected chi connectivity index (χ2v) is 8.89. The molecule has 2 atom stereocenters. The monoisotopic (exact) mass is 499 g/mol. The summed E-state index contributed by atoms with van der Waals surface area (Å²) in [5.74, 6) is -2.21. The first-order valence-electron chi connectivity index (χ1n) is 10.8. The zero-order valence-electron chi connectivity index (χ0n) is 18.6. The number of Topliss-reactive ketones (excluding diaryl/α,β-unsaturated/α-hetero) is 1. The molecule has 12 heteroatoms. The molecule has 1 fully saturated rings. The van der Waals surface area contributed by atoms with Crippen molar-refractivity contribution in [1.82, 2.24) is 19.7 Å². The van der Waals surface area contributed by atoms with Crippen molar-refractivity contribution in [2.75, 3.05) is 6.61 Å². The zero-order chi connectivity index (χ0) is 25.1. The number of nitrogens with one attached hydrogen (secondary N) is 1. The Morgan fingerprint density at radius 1 is 1.26 bits per heavy atom. The predicted octanol–water partition coefficient (Wildman–Crippen LogP) is 2.05. The molecule has 35 heavy (non-hydrogen) atoms. The van der Waals surface area contributed by atoms with Crippen LogP contribution in [0.4, 0.5) is 4.39 Å². The van der Waals surface area contributed by atoms with Gasteiger partial charge in [0, 0.05) is 17.7 Å². The molecule has 3 heterocycles. The molecule has 0 unspecified atom stereocenters. The van der Waals surface area contributed by atoms with Crippen LogP contribution in [0.2, 0.25) is 0 Å². The normalized spacial score (nSPS) is 14.7. The number of primary amides is 1. The van der Waals surface area contributed by atoms with Crippen LogP contribution in [0.15, 0.2) is 36.7 Å². The van der Waals surface area contributed by atoms with Gasteiger partial charge in [0.05, 0.1) is 23.4 Å². The first-order chi connectivity index (χ1) is 16.8. The lowest BCUT2D eigenvalue weighted by Crippen LogP contribution is -2.47. The summed E-state index contributed by atoms with van der Waals surface area (Å²) in [6.45, 7) is 1.10. The van der Waals surface area contributed by atoms with Crippen LogP contribution in [0.25, 0.3) is 11.3 Å². The number of aromatic nitrogens is 3. The molecule has 3 aromatic heterocycles. The highest BCUT2D eigenvalue weighted by Crippen LogP contribution is 2.33. The van der Waals surface area contributed by atoms with Crippen LogP contribution in [-0.2, 0) is 4.79 Å². The Morgan fingerprint density at radius 2 is 2.03 bits per heavy atom. The van der Waals surface area contributed by atoms with Gasteiger partial charge in [0.15, 0.2) is 17.3 Å². The van der Waals surface area contributed by atoms with E-state index >= 15 is 0 Å². The van der Waals surface area contributed by atoms with Crippen molar-refractivity contribution >= 4 is 29.1 Å². The maximum atomic E-state index is 14.6. The van der Waals surface area contributed by atoms with Crippen LogP contribution in [0, 0.1) is 11.7 Å². The number of hydrogen-bond acceptors (Lipinski definition) is 9. The van der Waals surface area contributed by atoms with E-state index in [4.69, 9.17) is 15.6 Å². The molecule has 0 aromatic carbocycles. The third kappa shape index (κ3) is 5.66. The lowest BCUT2D eigenvalue weighted by molar-refractivity contribution is -0.120. The van der Waals surface area contributed by atoms with Crippen LogP contribution < -0.4 is 15.8 Å². The molecule has 4 N–H and O–H groups in total. The minimum atomic E-state index is -1.35. The van der Waals surface area contributed by atoms with Gasteiger partial charge in [0.2, 0.25) is 5.91 Å². The SMILES string of the molecule is C[C@@H](Oc1ccc(C(=O)C2CC2)nc1)c1cc(-c2cnc(C(=O)N[C@@H](CO)C(N)=O)c(F)c2)ns1. The molecule has 0 spiro atoms. The summed E-state index contributed by atoms with van der Waals surface area (Å²) in [7, 11) is 0. The highest BCUT2D eigenvalue weighted by atomic mass is 32.1. The average molecular weight is 500 g/mol. The average Bonchev–Trinajstić information content (AvgIpc) is 3.57. The lowest BCUT2D eigenvalue weighted by Gasteiger charge is -2.12. The van der Waals surface area contributed by atoms with Gasteiger partial charge in [0.1, 0.15) is 23.6 Å². The quantitative estimate of drug-likeness (QED) is 0.358. The van der Waals surface area contributed by atoms with Crippen LogP contribution in [0.5, 0.6) is 5.75 Å². The topological polar surface area (TPSA) is 157 Å². The minimum Gasteiger partial charge on any atom is -0.484 e. The predicted molar refractivity (Wildman–Crippen MR) is 123 cm³/mol. The zero-order valence-corrected chi connectivity index (χ0v) is 19.4.